The van der Waals surface area contributed by atoms with Crippen LogP contribution in [0, 0.1) is 13.8 Å². The molecule has 3 aromatic rings. The molecule has 3 rings (SSSR count). The Kier molecular flexibility index (Phi) is 3.69. The molecule has 0 aliphatic carbocycles. The Labute approximate surface area is 124 Å². The predicted octanol–water partition coefficient (Wildman–Crippen LogP) is 3.40. The smallest absolute Gasteiger partial charge is 0.0727 e. The Balaban J connectivity index is 2.09. The number of hydrogen-bond donors (Lipinski definition) is 2. The molecule has 3 nitrogen and oxygen atoms in total. The molecule has 1 heterocycles. The quantitative estimate of drug-likeness (QED) is 0.570. The Morgan fingerprint density at radius 1 is 1.05 bits per heavy atom. The number of rotatable bonds is 3. The van der Waals surface area contributed by atoms with Crippen LogP contribution in [0.2, 0.25) is 0 Å². The van der Waals surface area contributed by atoms with Crippen LogP contribution in [0.1, 0.15) is 28.3 Å². The van der Waals surface area contributed by atoms with Gasteiger partial charge in [0.15, 0.2) is 0 Å². The molecule has 0 radical (unpaired) electrons. The molecule has 21 heavy (non-hydrogen) atoms. The van der Waals surface area contributed by atoms with Gasteiger partial charge in [-0.3, -0.25) is 10.8 Å². The van der Waals surface area contributed by atoms with E-state index >= 15 is 0 Å². The van der Waals surface area contributed by atoms with Crippen molar-refractivity contribution in [3.63, 3.8) is 0 Å². The summed E-state index contributed by atoms with van der Waals surface area (Å²) >= 11 is 0. The number of hydrogen-bond acceptors (Lipinski definition) is 3. The number of nitrogens with zero attached hydrogens (tertiary/aromatic N) is 1. The van der Waals surface area contributed by atoms with Crippen molar-refractivity contribution in [1.29, 1.82) is 0 Å². The second-order valence-electron chi connectivity index (χ2n) is 5.42. The SMILES string of the molecule is Cc1ccc(C(NN)c2cnc3ccccc3c2)c(C)c1. The van der Waals surface area contributed by atoms with Crippen molar-refractivity contribution in [1.82, 2.24) is 10.4 Å². The molecule has 0 spiro atoms. The van der Waals surface area contributed by atoms with E-state index < -0.39 is 0 Å². The van der Waals surface area contributed by atoms with Crippen LogP contribution in [0.15, 0.2) is 54.7 Å². The molecule has 0 saturated heterocycles. The first-order chi connectivity index (χ1) is 10.2. The van der Waals surface area contributed by atoms with Crippen molar-refractivity contribution >= 4 is 10.9 Å². The van der Waals surface area contributed by atoms with Crippen LogP contribution in [0.4, 0.5) is 0 Å². The Hall–Kier alpha value is -2.23. The van der Waals surface area contributed by atoms with Crippen molar-refractivity contribution < 1.29 is 0 Å². The number of fused-ring (bicyclic) bond motifs is 1. The summed E-state index contributed by atoms with van der Waals surface area (Å²) in [6.07, 6.45) is 1.89. The summed E-state index contributed by atoms with van der Waals surface area (Å²) in [5.74, 6) is 5.81. The first-order valence-corrected chi connectivity index (χ1v) is 7.07. The van der Waals surface area contributed by atoms with E-state index in [0.717, 1.165) is 16.5 Å². The van der Waals surface area contributed by atoms with E-state index in [1.165, 1.54) is 16.7 Å². The van der Waals surface area contributed by atoms with Gasteiger partial charge in [-0.05, 0) is 42.7 Å². The molecule has 0 aliphatic rings. The largest absolute Gasteiger partial charge is 0.271 e. The minimum Gasteiger partial charge on any atom is -0.271 e. The summed E-state index contributed by atoms with van der Waals surface area (Å²) < 4.78 is 0. The van der Waals surface area contributed by atoms with Crippen molar-refractivity contribution in [2.45, 2.75) is 19.9 Å². The second-order valence-corrected chi connectivity index (χ2v) is 5.42. The van der Waals surface area contributed by atoms with Gasteiger partial charge in [-0.15, -0.1) is 0 Å². The lowest BCUT2D eigenvalue weighted by Crippen LogP contribution is -2.29. The van der Waals surface area contributed by atoms with E-state index in [1.807, 2.05) is 24.4 Å². The van der Waals surface area contributed by atoms with Gasteiger partial charge in [-0.1, -0.05) is 42.0 Å². The summed E-state index contributed by atoms with van der Waals surface area (Å²) in [5.41, 5.74) is 8.65. The van der Waals surface area contributed by atoms with Crippen molar-refractivity contribution in [2.24, 2.45) is 5.84 Å². The summed E-state index contributed by atoms with van der Waals surface area (Å²) in [5, 5.41) is 1.13. The second kappa shape index (κ2) is 5.64. The molecule has 106 valence electrons. The van der Waals surface area contributed by atoms with Gasteiger partial charge in [0.1, 0.15) is 0 Å². The molecular formula is C18H19N3. The molecule has 0 bridgehead atoms. The maximum atomic E-state index is 5.81. The zero-order valence-electron chi connectivity index (χ0n) is 12.3. The molecule has 0 aliphatic heterocycles. The summed E-state index contributed by atoms with van der Waals surface area (Å²) in [7, 11) is 0. The van der Waals surface area contributed by atoms with Gasteiger partial charge in [0.25, 0.3) is 0 Å². The van der Waals surface area contributed by atoms with Crippen molar-refractivity contribution in [3.05, 3.63) is 77.0 Å². The highest BCUT2D eigenvalue weighted by molar-refractivity contribution is 5.79. The number of aromatic nitrogens is 1. The lowest BCUT2D eigenvalue weighted by atomic mass is 9.94. The molecule has 0 fully saturated rings. The summed E-state index contributed by atoms with van der Waals surface area (Å²) in [6.45, 7) is 4.21. The molecule has 0 amide bonds. The molecule has 1 atom stereocenters. The van der Waals surface area contributed by atoms with Crippen LogP contribution in [0.5, 0.6) is 0 Å². The number of aryl methyl sites for hydroxylation is 2. The summed E-state index contributed by atoms with van der Waals surface area (Å²) in [6, 6.07) is 16.6. The standard InChI is InChI=1S/C18H19N3/c1-12-7-8-16(13(2)9-12)18(21-19)15-10-14-5-3-4-6-17(14)20-11-15/h3-11,18,21H,19H2,1-2H3. The molecule has 2 aromatic carbocycles. The fraction of sp³-hybridized carbons (Fsp3) is 0.167. The third kappa shape index (κ3) is 2.66. The van der Waals surface area contributed by atoms with E-state index in [0.29, 0.717) is 0 Å². The van der Waals surface area contributed by atoms with E-state index in [4.69, 9.17) is 5.84 Å². The lowest BCUT2D eigenvalue weighted by Gasteiger charge is -2.19. The number of nitrogens with two attached hydrogens (primary N) is 1. The topological polar surface area (TPSA) is 50.9 Å². The van der Waals surface area contributed by atoms with Crippen molar-refractivity contribution in [3.8, 4) is 0 Å². The van der Waals surface area contributed by atoms with E-state index in [-0.39, 0.29) is 6.04 Å². The van der Waals surface area contributed by atoms with Gasteiger partial charge >= 0.3 is 0 Å². The molecule has 1 unspecified atom stereocenters. The van der Waals surface area contributed by atoms with Crippen LogP contribution >= 0.6 is 0 Å². The lowest BCUT2D eigenvalue weighted by molar-refractivity contribution is 0.632. The van der Waals surface area contributed by atoms with Crippen LogP contribution in [-0.2, 0) is 0 Å². The molecule has 0 saturated carbocycles. The van der Waals surface area contributed by atoms with Gasteiger partial charge in [0, 0.05) is 11.6 Å². The van der Waals surface area contributed by atoms with Gasteiger partial charge in [-0.2, -0.15) is 0 Å². The maximum absolute atomic E-state index is 5.81. The Morgan fingerprint density at radius 3 is 2.62 bits per heavy atom. The van der Waals surface area contributed by atoms with Crippen LogP contribution in [0.3, 0.4) is 0 Å². The normalized spacial score (nSPS) is 12.5. The number of nitrogens with one attached hydrogen (secondary N) is 1. The molecular weight excluding hydrogens is 258 g/mol. The zero-order valence-corrected chi connectivity index (χ0v) is 12.3. The van der Waals surface area contributed by atoms with Gasteiger partial charge in [0.2, 0.25) is 0 Å². The van der Waals surface area contributed by atoms with Crippen molar-refractivity contribution in [2.75, 3.05) is 0 Å². The minimum atomic E-state index is -0.0530. The first-order valence-electron chi connectivity index (χ1n) is 7.07. The van der Waals surface area contributed by atoms with E-state index in [1.54, 1.807) is 0 Å². The van der Waals surface area contributed by atoms with E-state index in [2.05, 4.69) is 54.6 Å². The zero-order chi connectivity index (χ0) is 14.8. The Morgan fingerprint density at radius 2 is 1.86 bits per heavy atom. The molecule has 1 aromatic heterocycles. The number of hydrazine groups is 1. The highest BCUT2D eigenvalue weighted by atomic mass is 15.2. The summed E-state index contributed by atoms with van der Waals surface area (Å²) in [4.78, 5) is 4.53. The van der Waals surface area contributed by atoms with Gasteiger partial charge in [-0.25, -0.2) is 5.43 Å². The van der Waals surface area contributed by atoms with Gasteiger partial charge < -0.3 is 0 Å². The average Bonchev–Trinajstić information content (AvgIpc) is 2.50. The molecule has 3 N–H and O–H groups in total. The number of para-hydroxylation sites is 1. The fourth-order valence-electron chi connectivity index (χ4n) is 2.76. The third-order valence-electron chi connectivity index (χ3n) is 3.85. The fourth-order valence-corrected chi connectivity index (χ4v) is 2.76. The monoisotopic (exact) mass is 277 g/mol. The predicted molar refractivity (Wildman–Crippen MR) is 86.8 cm³/mol. The number of pyridine rings is 1. The van der Waals surface area contributed by atoms with Crippen LogP contribution in [-0.4, -0.2) is 4.98 Å². The minimum absolute atomic E-state index is 0.0530. The van der Waals surface area contributed by atoms with Gasteiger partial charge in [0.05, 0.1) is 11.6 Å². The average molecular weight is 277 g/mol. The highest BCUT2D eigenvalue weighted by Crippen LogP contribution is 2.26. The number of benzene rings is 2. The third-order valence-corrected chi connectivity index (χ3v) is 3.85. The van der Waals surface area contributed by atoms with Crippen LogP contribution in [0.25, 0.3) is 10.9 Å². The first kappa shape index (κ1) is 13.7. The molecule has 3 heteroatoms. The maximum Gasteiger partial charge on any atom is 0.0727 e. The highest BCUT2D eigenvalue weighted by Gasteiger charge is 2.15. The van der Waals surface area contributed by atoms with E-state index in [9.17, 15) is 0 Å². The Bertz CT molecular complexity index is 780. The van der Waals surface area contributed by atoms with Crippen LogP contribution < -0.4 is 11.3 Å².